The highest BCUT2D eigenvalue weighted by Crippen LogP contribution is 2.26. The molecule has 0 bridgehead atoms. The molecule has 0 amide bonds. The molecule has 0 spiro atoms. The fourth-order valence-electron chi connectivity index (χ4n) is 2.58. The Labute approximate surface area is 104 Å². The van der Waals surface area contributed by atoms with Gasteiger partial charge >= 0.3 is 0 Å². The number of aliphatic imine (C=N–C) groups is 1. The van der Waals surface area contributed by atoms with E-state index in [1.54, 1.807) is 0 Å². The highest BCUT2D eigenvalue weighted by Gasteiger charge is 2.24. The van der Waals surface area contributed by atoms with Gasteiger partial charge in [0.05, 0.1) is 6.54 Å². The first-order valence-electron chi connectivity index (χ1n) is 6.77. The van der Waals surface area contributed by atoms with E-state index in [1.807, 2.05) is 11.8 Å². The van der Waals surface area contributed by atoms with E-state index in [1.165, 1.54) is 43.7 Å². The van der Waals surface area contributed by atoms with Gasteiger partial charge in [0, 0.05) is 11.3 Å². The number of nitrogens with one attached hydrogen (secondary N) is 1. The van der Waals surface area contributed by atoms with Crippen LogP contribution in [0.5, 0.6) is 0 Å². The van der Waals surface area contributed by atoms with Crippen molar-refractivity contribution in [1.82, 2.24) is 5.32 Å². The van der Waals surface area contributed by atoms with E-state index in [0.29, 0.717) is 6.04 Å². The van der Waals surface area contributed by atoms with E-state index < -0.39 is 0 Å². The molecule has 3 atom stereocenters. The maximum atomic E-state index is 4.62. The molecule has 0 aromatic rings. The number of rotatable bonds is 2. The SMILES string of the molecule is CCC1CN=C(NC2CCCCCC2C)S1. The Hall–Kier alpha value is -0.180. The van der Waals surface area contributed by atoms with E-state index in [4.69, 9.17) is 0 Å². The second kappa shape index (κ2) is 5.95. The highest BCUT2D eigenvalue weighted by molar-refractivity contribution is 8.14. The van der Waals surface area contributed by atoms with E-state index in [9.17, 15) is 0 Å². The fraction of sp³-hybridized carbons (Fsp3) is 0.923. The smallest absolute Gasteiger partial charge is 0.157 e. The van der Waals surface area contributed by atoms with Crippen LogP contribution in [0.15, 0.2) is 4.99 Å². The normalized spacial score (nSPS) is 35.6. The van der Waals surface area contributed by atoms with Crippen molar-refractivity contribution in [2.45, 2.75) is 63.7 Å². The summed E-state index contributed by atoms with van der Waals surface area (Å²) in [7, 11) is 0. The summed E-state index contributed by atoms with van der Waals surface area (Å²) < 4.78 is 0. The Morgan fingerprint density at radius 3 is 2.88 bits per heavy atom. The first-order chi connectivity index (χ1) is 7.79. The van der Waals surface area contributed by atoms with Crippen LogP contribution in [-0.2, 0) is 0 Å². The lowest BCUT2D eigenvalue weighted by Gasteiger charge is -2.23. The van der Waals surface area contributed by atoms with Crippen LogP contribution < -0.4 is 5.32 Å². The summed E-state index contributed by atoms with van der Waals surface area (Å²) in [6, 6.07) is 0.671. The van der Waals surface area contributed by atoms with Crippen molar-refractivity contribution in [1.29, 1.82) is 0 Å². The molecule has 0 aromatic heterocycles. The topological polar surface area (TPSA) is 24.4 Å². The minimum Gasteiger partial charge on any atom is -0.362 e. The summed E-state index contributed by atoms with van der Waals surface area (Å²) >= 11 is 1.95. The second-order valence-electron chi connectivity index (χ2n) is 5.16. The van der Waals surface area contributed by atoms with Gasteiger partial charge in [0.25, 0.3) is 0 Å². The predicted octanol–water partition coefficient (Wildman–Crippen LogP) is 3.43. The third kappa shape index (κ3) is 3.16. The van der Waals surface area contributed by atoms with Crippen molar-refractivity contribution in [2.24, 2.45) is 10.9 Å². The molecule has 1 saturated carbocycles. The largest absolute Gasteiger partial charge is 0.362 e. The molecule has 3 unspecified atom stereocenters. The van der Waals surface area contributed by atoms with Crippen LogP contribution >= 0.6 is 11.8 Å². The van der Waals surface area contributed by atoms with E-state index in [0.717, 1.165) is 17.7 Å². The molecule has 1 fully saturated rings. The Balaban J connectivity index is 1.84. The van der Waals surface area contributed by atoms with Gasteiger partial charge in [0.1, 0.15) is 0 Å². The van der Waals surface area contributed by atoms with Crippen LogP contribution in [0.3, 0.4) is 0 Å². The van der Waals surface area contributed by atoms with E-state index >= 15 is 0 Å². The molecule has 1 aliphatic carbocycles. The first-order valence-corrected chi connectivity index (χ1v) is 7.65. The number of nitrogens with zero attached hydrogens (tertiary/aromatic N) is 1. The zero-order valence-electron chi connectivity index (χ0n) is 10.5. The molecule has 92 valence electrons. The fourth-order valence-corrected chi connectivity index (χ4v) is 3.58. The molecular formula is C13H24N2S. The van der Waals surface area contributed by atoms with Crippen molar-refractivity contribution < 1.29 is 0 Å². The number of thioether (sulfide) groups is 1. The molecule has 1 aliphatic heterocycles. The average Bonchev–Trinajstić information content (AvgIpc) is 2.65. The lowest BCUT2D eigenvalue weighted by molar-refractivity contribution is 0.402. The molecule has 0 saturated heterocycles. The minimum atomic E-state index is 0.671. The molecule has 0 radical (unpaired) electrons. The molecule has 0 aromatic carbocycles. The summed E-state index contributed by atoms with van der Waals surface area (Å²) in [5.41, 5.74) is 0. The zero-order chi connectivity index (χ0) is 11.4. The first kappa shape index (κ1) is 12.3. The van der Waals surface area contributed by atoms with Crippen LogP contribution in [0.4, 0.5) is 0 Å². The minimum absolute atomic E-state index is 0.671. The third-order valence-electron chi connectivity index (χ3n) is 3.84. The molecule has 2 nitrogen and oxygen atoms in total. The van der Waals surface area contributed by atoms with Crippen molar-refractivity contribution in [3.05, 3.63) is 0 Å². The van der Waals surface area contributed by atoms with Crippen LogP contribution in [0.1, 0.15) is 52.4 Å². The zero-order valence-corrected chi connectivity index (χ0v) is 11.4. The summed E-state index contributed by atoms with van der Waals surface area (Å²) in [5, 5.41) is 5.62. The van der Waals surface area contributed by atoms with Gasteiger partial charge in [0.15, 0.2) is 5.17 Å². The Morgan fingerprint density at radius 1 is 1.31 bits per heavy atom. The van der Waals surface area contributed by atoms with Gasteiger partial charge in [0.2, 0.25) is 0 Å². The van der Waals surface area contributed by atoms with Crippen LogP contribution in [0.2, 0.25) is 0 Å². The maximum absolute atomic E-state index is 4.62. The second-order valence-corrected chi connectivity index (χ2v) is 6.45. The average molecular weight is 240 g/mol. The lowest BCUT2D eigenvalue weighted by atomic mass is 9.97. The van der Waals surface area contributed by atoms with Gasteiger partial charge < -0.3 is 5.32 Å². The van der Waals surface area contributed by atoms with Crippen LogP contribution in [-0.4, -0.2) is 23.0 Å². The van der Waals surface area contributed by atoms with Gasteiger partial charge in [-0.25, -0.2) is 0 Å². The Kier molecular flexibility index (Phi) is 4.56. The number of hydrogen-bond donors (Lipinski definition) is 1. The molecule has 2 aliphatic rings. The van der Waals surface area contributed by atoms with Crippen molar-refractivity contribution >= 4 is 16.9 Å². The van der Waals surface area contributed by atoms with Gasteiger partial charge in [-0.2, -0.15) is 0 Å². The maximum Gasteiger partial charge on any atom is 0.157 e. The van der Waals surface area contributed by atoms with Gasteiger partial charge in [-0.1, -0.05) is 44.9 Å². The summed E-state index contributed by atoms with van der Waals surface area (Å²) in [5.74, 6) is 0.812. The molecule has 1 heterocycles. The molecule has 16 heavy (non-hydrogen) atoms. The summed E-state index contributed by atoms with van der Waals surface area (Å²) in [4.78, 5) is 4.62. The molecule has 2 rings (SSSR count). The summed E-state index contributed by atoms with van der Waals surface area (Å²) in [6.45, 7) is 5.66. The van der Waals surface area contributed by atoms with Gasteiger partial charge in [-0.05, 0) is 25.2 Å². The van der Waals surface area contributed by atoms with Crippen LogP contribution in [0.25, 0.3) is 0 Å². The van der Waals surface area contributed by atoms with E-state index in [2.05, 4.69) is 24.2 Å². The third-order valence-corrected chi connectivity index (χ3v) is 5.13. The quantitative estimate of drug-likeness (QED) is 0.748. The van der Waals surface area contributed by atoms with Gasteiger partial charge in [-0.3, -0.25) is 4.99 Å². The monoisotopic (exact) mass is 240 g/mol. The highest BCUT2D eigenvalue weighted by atomic mass is 32.2. The Bertz CT molecular complexity index is 252. The Morgan fingerprint density at radius 2 is 2.12 bits per heavy atom. The molecule has 1 N–H and O–H groups in total. The molecular weight excluding hydrogens is 216 g/mol. The molecule has 3 heteroatoms. The standard InChI is InChI=1S/C13H24N2S/c1-3-11-9-14-13(16-11)15-12-8-6-4-5-7-10(12)2/h10-12H,3-9H2,1-2H3,(H,14,15). The van der Waals surface area contributed by atoms with Crippen molar-refractivity contribution in [3.8, 4) is 0 Å². The van der Waals surface area contributed by atoms with Crippen LogP contribution in [0, 0.1) is 5.92 Å². The number of amidine groups is 1. The lowest BCUT2D eigenvalue weighted by Crippen LogP contribution is -2.37. The van der Waals surface area contributed by atoms with Crippen molar-refractivity contribution in [3.63, 3.8) is 0 Å². The predicted molar refractivity (Wildman–Crippen MR) is 73.1 cm³/mol. The van der Waals surface area contributed by atoms with E-state index in [-0.39, 0.29) is 0 Å². The van der Waals surface area contributed by atoms with Crippen molar-refractivity contribution in [2.75, 3.05) is 6.54 Å². The summed E-state index contributed by atoms with van der Waals surface area (Å²) in [6.07, 6.45) is 8.16. The number of hydrogen-bond acceptors (Lipinski definition) is 3. The van der Waals surface area contributed by atoms with Gasteiger partial charge in [-0.15, -0.1) is 0 Å².